The summed E-state index contributed by atoms with van der Waals surface area (Å²) < 4.78 is 72.8. The summed E-state index contributed by atoms with van der Waals surface area (Å²) in [5.41, 5.74) is -5.56. The smallest absolute Gasteiger partial charge is 0.276 e. The number of hydrogen-bond donors (Lipinski definition) is 1. The Morgan fingerprint density at radius 2 is 1.32 bits per heavy atom. The molecular weight excluding hydrogens is 342 g/mol. The molecule has 0 saturated carbocycles. The van der Waals surface area contributed by atoms with Crippen LogP contribution in [0.15, 0.2) is 58.3 Å². The highest BCUT2D eigenvalue weighted by Crippen LogP contribution is 2.30. The number of halogens is 4. The van der Waals surface area contributed by atoms with E-state index in [1.54, 1.807) is 12.1 Å². The molecule has 0 saturated heterocycles. The van der Waals surface area contributed by atoms with Crippen LogP contribution in [-0.2, 0) is 10.0 Å². The van der Waals surface area contributed by atoms with Crippen LogP contribution < -0.4 is 4.72 Å². The average molecular weight is 351 g/mol. The molecule has 2 aromatic rings. The standard InChI is InChI=1S/C13H9F4NO2S2/c14-9-1-5-11(6-2-9)21-12-7-3-10(4-8-12)18-22(19,20)13(15,16)17/h1-8,18H. The van der Waals surface area contributed by atoms with Gasteiger partial charge in [-0.05, 0) is 48.5 Å². The van der Waals surface area contributed by atoms with Crippen LogP contribution >= 0.6 is 11.8 Å². The van der Waals surface area contributed by atoms with Crippen LogP contribution in [0.5, 0.6) is 0 Å². The van der Waals surface area contributed by atoms with Crippen LogP contribution in [0.1, 0.15) is 0 Å². The molecule has 0 fully saturated rings. The van der Waals surface area contributed by atoms with E-state index in [1.807, 2.05) is 0 Å². The van der Waals surface area contributed by atoms with Gasteiger partial charge in [0.2, 0.25) is 0 Å². The van der Waals surface area contributed by atoms with Crippen molar-refractivity contribution >= 4 is 27.5 Å². The predicted octanol–water partition coefficient (Wildman–Crippen LogP) is 4.24. The van der Waals surface area contributed by atoms with E-state index in [1.165, 1.54) is 52.9 Å². The normalized spacial score (nSPS) is 12.2. The van der Waals surface area contributed by atoms with Gasteiger partial charge in [0.1, 0.15) is 5.82 Å². The molecule has 22 heavy (non-hydrogen) atoms. The van der Waals surface area contributed by atoms with E-state index >= 15 is 0 Å². The molecule has 118 valence electrons. The van der Waals surface area contributed by atoms with Gasteiger partial charge >= 0.3 is 15.5 Å². The molecule has 0 bridgehead atoms. The van der Waals surface area contributed by atoms with Crippen molar-refractivity contribution in [3.8, 4) is 0 Å². The second kappa shape index (κ2) is 6.17. The molecule has 0 heterocycles. The van der Waals surface area contributed by atoms with E-state index in [4.69, 9.17) is 0 Å². The second-order valence-electron chi connectivity index (χ2n) is 4.13. The lowest BCUT2D eigenvalue weighted by Crippen LogP contribution is -2.29. The molecule has 0 aliphatic rings. The molecule has 0 atom stereocenters. The summed E-state index contributed by atoms with van der Waals surface area (Å²) in [6.07, 6.45) is 0. The minimum absolute atomic E-state index is 0.194. The molecule has 1 N–H and O–H groups in total. The first-order chi connectivity index (χ1) is 10.2. The summed E-state index contributed by atoms with van der Waals surface area (Å²) in [5.74, 6) is -0.374. The summed E-state index contributed by atoms with van der Waals surface area (Å²) in [5, 5.41) is 0. The van der Waals surface area contributed by atoms with Crippen LogP contribution in [-0.4, -0.2) is 13.9 Å². The SMILES string of the molecule is O=S(=O)(Nc1ccc(Sc2ccc(F)cc2)cc1)C(F)(F)F. The molecule has 9 heteroatoms. The molecule has 0 unspecified atom stereocenters. The van der Waals surface area contributed by atoms with Crippen LogP contribution in [0.2, 0.25) is 0 Å². The van der Waals surface area contributed by atoms with Gasteiger partial charge < -0.3 is 0 Å². The zero-order chi connectivity index (χ0) is 16.4. The van der Waals surface area contributed by atoms with Gasteiger partial charge in [0.25, 0.3) is 0 Å². The highest BCUT2D eigenvalue weighted by molar-refractivity contribution is 7.99. The molecule has 2 rings (SSSR count). The molecule has 3 nitrogen and oxygen atoms in total. The number of alkyl halides is 3. The topological polar surface area (TPSA) is 46.2 Å². The molecular formula is C13H9F4NO2S2. The Morgan fingerprint density at radius 3 is 1.77 bits per heavy atom. The largest absolute Gasteiger partial charge is 0.516 e. The third-order valence-electron chi connectivity index (χ3n) is 2.46. The molecule has 2 aromatic carbocycles. The quantitative estimate of drug-likeness (QED) is 0.838. The first-order valence-corrected chi connectivity index (χ1v) is 8.10. The highest BCUT2D eigenvalue weighted by atomic mass is 32.2. The van der Waals surface area contributed by atoms with Crippen molar-refractivity contribution in [2.24, 2.45) is 0 Å². The third kappa shape index (κ3) is 4.14. The van der Waals surface area contributed by atoms with Crippen LogP contribution in [0.4, 0.5) is 23.2 Å². The van der Waals surface area contributed by atoms with Gasteiger partial charge in [-0.25, -0.2) is 4.39 Å². The van der Waals surface area contributed by atoms with Crippen molar-refractivity contribution in [3.63, 3.8) is 0 Å². The fraction of sp³-hybridized carbons (Fsp3) is 0.0769. The van der Waals surface area contributed by atoms with Crippen LogP contribution in [0, 0.1) is 5.82 Å². The molecule has 0 aliphatic carbocycles. The van der Waals surface area contributed by atoms with Gasteiger partial charge in [0.15, 0.2) is 0 Å². The minimum Gasteiger partial charge on any atom is -0.276 e. The first-order valence-electron chi connectivity index (χ1n) is 5.80. The Labute approximate surface area is 128 Å². The minimum atomic E-state index is -5.43. The van der Waals surface area contributed by atoms with E-state index in [2.05, 4.69) is 0 Å². The summed E-state index contributed by atoms with van der Waals surface area (Å²) in [6.45, 7) is 0. The highest BCUT2D eigenvalue weighted by Gasteiger charge is 2.45. The number of nitrogens with one attached hydrogen (secondary N) is 1. The number of benzene rings is 2. The summed E-state index contributed by atoms with van der Waals surface area (Å²) in [4.78, 5) is 1.41. The Bertz CT molecular complexity index is 741. The van der Waals surface area contributed by atoms with E-state index in [0.29, 0.717) is 4.90 Å². The molecule has 0 spiro atoms. The van der Waals surface area contributed by atoms with Gasteiger partial charge in [-0.2, -0.15) is 21.6 Å². The van der Waals surface area contributed by atoms with E-state index < -0.39 is 15.5 Å². The summed E-state index contributed by atoms with van der Waals surface area (Å²) >= 11 is 1.26. The summed E-state index contributed by atoms with van der Waals surface area (Å²) in [7, 11) is -5.43. The van der Waals surface area contributed by atoms with Crippen molar-refractivity contribution < 1.29 is 26.0 Å². The number of sulfonamides is 1. The van der Waals surface area contributed by atoms with Gasteiger partial charge in [-0.3, -0.25) is 4.72 Å². The van der Waals surface area contributed by atoms with Crippen molar-refractivity contribution in [2.45, 2.75) is 15.3 Å². The van der Waals surface area contributed by atoms with Crippen molar-refractivity contribution in [1.29, 1.82) is 0 Å². The third-order valence-corrected chi connectivity index (χ3v) is 4.59. The second-order valence-corrected chi connectivity index (χ2v) is 6.95. The van der Waals surface area contributed by atoms with Gasteiger partial charge in [0, 0.05) is 15.5 Å². The summed E-state index contributed by atoms with van der Waals surface area (Å²) in [6, 6.07) is 11.0. The Balaban J connectivity index is 2.09. The van der Waals surface area contributed by atoms with Gasteiger partial charge in [0.05, 0.1) is 0 Å². The maximum atomic E-state index is 12.8. The lowest BCUT2D eigenvalue weighted by atomic mass is 10.3. The molecule has 0 aliphatic heterocycles. The Morgan fingerprint density at radius 1 is 0.864 bits per heavy atom. The maximum Gasteiger partial charge on any atom is 0.516 e. The first kappa shape index (κ1) is 16.6. The van der Waals surface area contributed by atoms with Crippen molar-refractivity contribution in [2.75, 3.05) is 4.72 Å². The predicted molar refractivity (Wildman–Crippen MR) is 75.6 cm³/mol. The van der Waals surface area contributed by atoms with Gasteiger partial charge in [-0.1, -0.05) is 11.8 Å². The van der Waals surface area contributed by atoms with E-state index in [9.17, 15) is 26.0 Å². The molecule has 0 aromatic heterocycles. The Kier molecular flexibility index (Phi) is 4.66. The molecule has 0 radical (unpaired) electrons. The Hall–Kier alpha value is -1.74. The fourth-order valence-electron chi connectivity index (χ4n) is 1.44. The average Bonchev–Trinajstić information content (AvgIpc) is 2.42. The number of anilines is 1. The van der Waals surface area contributed by atoms with Crippen molar-refractivity contribution in [1.82, 2.24) is 0 Å². The lowest BCUT2D eigenvalue weighted by molar-refractivity contribution is -0.0429. The lowest BCUT2D eigenvalue weighted by Gasteiger charge is -2.10. The monoisotopic (exact) mass is 351 g/mol. The van der Waals surface area contributed by atoms with Crippen LogP contribution in [0.3, 0.4) is 0 Å². The fourth-order valence-corrected chi connectivity index (χ4v) is 2.82. The zero-order valence-corrected chi connectivity index (χ0v) is 12.4. The number of hydrogen-bond acceptors (Lipinski definition) is 3. The molecule has 0 amide bonds. The van der Waals surface area contributed by atoms with Gasteiger partial charge in [-0.15, -0.1) is 0 Å². The van der Waals surface area contributed by atoms with Crippen LogP contribution in [0.25, 0.3) is 0 Å². The zero-order valence-electron chi connectivity index (χ0n) is 10.8. The van der Waals surface area contributed by atoms with Crippen molar-refractivity contribution in [3.05, 3.63) is 54.3 Å². The number of rotatable bonds is 4. The van der Waals surface area contributed by atoms with E-state index in [-0.39, 0.29) is 11.5 Å². The van der Waals surface area contributed by atoms with E-state index in [0.717, 1.165) is 4.90 Å². The maximum absolute atomic E-state index is 12.8.